The second-order valence-electron chi connectivity index (χ2n) is 1.95. The smallest absolute Gasteiger partial charge is 0.418 e. The first-order chi connectivity index (χ1) is 5.93. The molecule has 0 aliphatic rings. The van der Waals surface area contributed by atoms with Crippen LogP contribution in [-0.2, 0) is 0 Å². The summed E-state index contributed by atoms with van der Waals surface area (Å²) in [7, 11) is -6.00. The van der Waals surface area contributed by atoms with E-state index in [4.69, 9.17) is 0 Å². The number of hydrogen-bond acceptors (Lipinski definition) is 1. The van der Waals surface area contributed by atoms with Crippen molar-refractivity contribution < 1.29 is 17.3 Å². The minimum absolute atomic E-state index is 0.924. The number of nitrogens with zero attached hydrogens (tertiary/aromatic N) is 1. The summed E-state index contributed by atoms with van der Waals surface area (Å²) < 4.78 is 39.0. The number of halogens is 4. The van der Waals surface area contributed by atoms with Crippen molar-refractivity contribution in [1.82, 2.24) is 4.98 Å². The van der Waals surface area contributed by atoms with Crippen LogP contribution >= 0.6 is 0 Å². The molecule has 0 radical (unpaired) electrons. The van der Waals surface area contributed by atoms with Gasteiger partial charge in [0.1, 0.15) is 0 Å². The van der Waals surface area contributed by atoms with Crippen LogP contribution in [0.1, 0.15) is 5.69 Å². The summed E-state index contributed by atoms with van der Waals surface area (Å²) in [6.45, 7) is 3.57. The molecule has 0 spiro atoms. The Hall–Kier alpha value is -1.33. The maximum Gasteiger partial charge on any atom is 0.673 e. The van der Waals surface area contributed by atoms with E-state index in [9.17, 15) is 17.3 Å². The second kappa shape index (κ2) is 5.34. The van der Waals surface area contributed by atoms with Crippen molar-refractivity contribution >= 4 is 13.3 Å². The van der Waals surface area contributed by atoms with Crippen molar-refractivity contribution in [2.75, 3.05) is 0 Å². The van der Waals surface area contributed by atoms with E-state index in [2.05, 4.69) is 11.6 Å². The van der Waals surface area contributed by atoms with Gasteiger partial charge in [0, 0.05) is 6.20 Å². The topological polar surface area (TPSA) is 12.9 Å². The van der Waals surface area contributed by atoms with E-state index >= 15 is 0 Å². The molecular weight excluding hydrogens is 185 g/mol. The van der Waals surface area contributed by atoms with E-state index in [0.29, 0.717) is 0 Å². The second-order valence-corrected chi connectivity index (χ2v) is 1.95. The first-order valence-corrected chi connectivity index (χ1v) is 3.34. The molecule has 72 valence electrons. The molecule has 13 heavy (non-hydrogen) atoms. The fourth-order valence-corrected chi connectivity index (χ4v) is 0.497. The highest BCUT2D eigenvalue weighted by molar-refractivity contribution is 6.50. The molecule has 0 aliphatic carbocycles. The molecule has 0 saturated heterocycles. The zero-order valence-corrected chi connectivity index (χ0v) is 6.63. The zero-order chi connectivity index (χ0) is 10.3. The molecule has 0 N–H and O–H groups in total. The Morgan fingerprint density at radius 3 is 2.00 bits per heavy atom. The normalized spacial score (nSPS) is 9.85. The predicted octanol–water partition coefficient (Wildman–Crippen LogP) is 3.02. The Morgan fingerprint density at radius 1 is 1.23 bits per heavy atom. The Kier molecular flexibility index (Phi) is 4.80. The van der Waals surface area contributed by atoms with Crippen molar-refractivity contribution in [3.63, 3.8) is 0 Å². The van der Waals surface area contributed by atoms with Crippen LogP contribution in [0.4, 0.5) is 17.3 Å². The Bertz CT molecular complexity index is 240. The predicted molar refractivity (Wildman–Crippen MR) is 44.5 cm³/mol. The molecule has 0 unspecified atom stereocenters. The van der Waals surface area contributed by atoms with Crippen LogP contribution in [0.25, 0.3) is 6.08 Å². The SMILES string of the molecule is C=Cc1ccccn1.F[B-](F)(F)F. The molecule has 0 amide bonds. The summed E-state index contributed by atoms with van der Waals surface area (Å²) >= 11 is 0. The highest BCUT2D eigenvalue weighted by atomic mass is 19.5. The molecule has 6 heteroatoms. The van der Waals surface area contributed by atoms with Gasteiger partial charge in [-0.2, -0.15) is 0 Å². The summed E-state index contributed by atoms with van der Waals surface area (Å²) in [6.07, 6.45) is 3.47. The van der Waals surface area contributed by atoms with E-state index in [1.807, 2.05) is 18.2 Å². The molecule has 1 nitrogen and oxygen atoms in total. The van der Waals surface area contributed by atoms with Crippen molar-refractivity contribution in [3.8, 4) is 0 Å². The monoisotopic (exact) mass is 192 g/mol. The summed E-state index contributed by atoms with van der Waals surface area (Å²) in [6, 6.07) is 5.73. The van der Waals surface area contributed by atoms with Gasteiger partial charge in [0.15, 0.2) is 0 Å². The third-order valence-corrected chi connectivity index (χ3v) is 0.897. The van der Waals surface area contributed by atoms with E-state index in [1.165, 1.54) is 0 Å². The summed E-state index contributed by atoms with van der Waals surface area (Å²) in [5, 5.41) is 0. The molecule has 0 aliphatic heterocycles. The average molecular weight is 192 g/mol. The van der Waals surface area contributed by atoms with Crippen molar-refractivity contribution in [2.45, 2.75) is 0 Å². The first kappa shape index (κ1) is 11.7. The van der Waals surface area contributed by atoms with Gasteiger partial charge in [-0.25, -0.2) is 0 Å². The van der Waals surface area contributed by atoms with Crippen LogP contribution in [-0.4, -0.2) is 12.2 Å². The highest BCUT2D eigenvalue weighted by Crippen LogP contribution is 2.06. The fourth-order valence-electron chi connectivity index (χ4n) is 0.497. The number of hydrogen-bond donors (Lipinski definition) is 0. The van der Waals surface area contributed by atoms with Gasteiger partial charge >= 0.3 is 7.25 Å². The lowest BCUT2D eigenvalue weighted by molar-refractivity contribution is 0.368. The van der Waals surface area contributed by atoms with E-state index in [1.54, 1.807) is 12.3 Å². The van der Waals surface area contributed by atoms with Gasteiger partial charge in [0.2, 0.25) is 0 Å². The third kappa shape index (κ3) is 10.7. The van der Waals surface area contributed by atoms with Crippen LogP contribution in [0.15, 0.2) is 31.0 Å². The Morgan fingerprint density at radius 2 is 1.77 bits per heavy atom. The van der Waals surface area contributed by atoms with E-state index in [-0.39, 0.29) is 0 Å². The van der Waals surface area contributed by atoms with Crippen molar-refractivity contribution in [1.29, 1.82) is 0 Å². The van der Waals surface area contributed by atoms with E-state index < -0.39 is 7.25 Å². The third-order valence-electron chi connectivity index (χ3n) is 0.897. The molecule has 1 aromatic rings. The summed E-state index contributed by atoms with van der Waals surface area (Å²) in [5.74, 6) is 0. The molecule has 1 aromatic heterocycles. The number of aromatic nitrogens is 1. The van der Waals surface area contributed by atoms with Crippen LogP contribution in [0, 0.1) is 0 Å². The average Bonchev–Trinajstić information content (AvgIpc) is 2.03. The Labute approximate surface area is 73.2 Å². The maximum atomic E-state index is 9.75. The highest BCUT2D eigenvalue weighted by Gasteiger charge is 2.20. The van der Waals surface area contributed by atoms with Gasteiger partial charge in [0.25, 0.3) is 0 Å². The summed E-state index contributed by atoms with van der Waals surface area (Å²) in [5.41, 5.74) is 0.924. The largest absolute Gasteiger partial charge is 0.673 e. The number of rotatable bonds is 1. The van der Waals surface area contributed by atoms with Crippen LogP contribution < -0.4 is 0 Å². The van der Waals surface area contributed by atoms with E-state index in [0.717, 1.165) is 5.69 Å². The molecule has 0 saturated carbocycles. The lowest BCUT2D eigenvalue weighted by atomic mass is 10.3. The van der Waals surface area contributed by atoms with Gasteiger partial charge in [-0.05, 0) is 18.2 Å². The first-order valence-electron chi connectivity index (χ1n) is 3.34. The van der Waals surface area contributed by atoms with Crippen molar-refractivity contribution in [2.24, 2.45) is 0 Å². The molecule has 1 heterocycles. The van der Waals surface area contributed by atoms with Crippen LogP contribution in [0.5, 0.6) is 0 Å². The molecule has 0 atom stereocenters. The minimum Gasteiger partial charge on any atom is -0.418 e. The number of pyridine rings is 1. The Balaban J connectivity index is 0.000000252. The zero-order valence-electron chi connectivity index (χ0n) is 6.63. The standard InChI is InChI=1S/C7H7N.BF4/c1-2-7-5-3-4-6-8-7;2-1(3,4)5/h2-6H,1H2;/q;-1. The lowest BCUT2D eigenvalue weighted by Crippen LogP contribution is -2.02. The molecule has 1 rings (SSSR count). The molecule has 0 aromatic carbocycles. The molecular formula is C7H7BF4N-. The summed E-state index contributed by atoms with van der Waals surface area (Å²) in [4.78, 5) is 3.98. The van der Waals surface area contributed by atoms with Crippen LogP contribution in [0.3, 0.4) is 0 Å². The van der Waals surface area contributed by atoms with Crippen LogP contribution in [0.2, 0.25) is 0 Å². The van der Waals surface area contributed by atoms with Crippen molar-refractivity contribution in [3.05, 3.63) is 36.7 Å². The van der Waals surface area contributed by atoms with Gasteiger partial charge in [-0.15, -0.1) is 0 Å². The molecule has 0 fully saturated rings. The fraction of sp³-hybridized carbons (Fsp3) is 0. The molecule has 0 bridgehead atoms. The maximum absolute atomic E-state index is 9.75. The van der Waals surface area contributed by atoms with Gasteiger partial charge < -0.3 is 17.3 Å². The lowest BCUT2D eigenvalue weighted by Gasteiger charge is -1.94. The van der Waals surface area contributed by atoms with Gasteiger partial charge in [0.05, 0.1) is 5.69 Å². The van der Waals surface area contributed by atoms with Gasteiger partial charge in [-0.1, -0.05) is 12.6 Å². The minimum atomic E-state index is -6.00. The quantitative estimate of drug-likeness (QED) is 0.492. The van der Waals surface area contributed by atoms with Gasteiger partial charge in [-0.3, -0.25) is 4.98 Å².